The minimum Gasteiger partial charge on any atom is -0.494 e. The maximum absolute atomic E-state index is 5.93. The van der Waals surface area contributed by atoms with Crippen molar-refractivity contribution >= 4 is 11.1 Å². The molecule has 1 aromatic heterocycles. The first-order chi connectivity index (χ1) is 16.3. The van der Waals surface area contributed by atoms with E-state index in [1.165, 1.54) is 37.9 Å². The van der Waals surface area contributed by atoms with Gasteiger partial charge in [-0.2, -0.15) is 4.98 Å². The molecule has 0 aliphatic carbocycles. The van der Waals surface area contributed by atoms with Crippen molar-refractivity contribution in [2.75, 3.05) is 26.2 Å². The topological polar surface area (TPSA) is 47.7 Å². The Morgan fingerprint density at radius 2 is 1.58 bits per heavy atom. The molecule has 1 saturated heterocycles. The molecule has 33 heavy (non-hydrogen) atoms. The zero-order chi connectivity index (χ0) is 22.3. The zero-order valence-corrected chi connectivity index (χ0v) is 18.9. The largest absolute Gasteiger partial charge is 0.494 e. The Morgan fingerprint density at radius 3 is 2.36 bits per heavy atom. The molecule has 5 rings (SSSR count). The van der Waals surface area contributed by atoms with Gasteiger partial charge in [-0.15, -0.1) is 0 Å². The third kappa shape index (κ3) is 5.93. The summed E-state index contributed by atoms with van der Waals surface area (Å²) in [5, 5.41) is 0. The molecule has 1 aliphatic rings. The van der Waals surface area contributed by atoms with Crippen LogP contribution in [0.2, 0.25) is 0 Å². The number of piperidine rings is 1. The van der Waals surface area contributed by atoms with E-state index in [0.29, 0.717) is 11.3 Å². The summed E-state index contributed by atoms with van der Waals surface area (Å²) in [6.07, 6.45) is 5.07. The number of aromatic nitrogens is 1. The van der Waals surface area contributed by atoms with Crippen LogP contribution in [0.25, 0.3) is 11.1 Å². The number of benzene rings is 3. The lowest BCUT2D eigenvalue weighted by Crippen LogP contribution is -2.35. The highest BCUT2D eigenvalue weighted by Crippen LogP contribution is 2.27. The minimum absolute atomic E-state index is 0.248. The van der Waals surface area contributed by atoms with Crippen molar-refractivity contribution in [1.29, 1.82) is 0 Å². The number of rotatable bonds is 9. The van der Waals surface area contributed by atoms with Gasteiger partial charge in [0, 0.05) is 6.54 Å². The second-order valence-electron chi connectivity index (χ2n) is 8.70. The van der Waals surface area contributed by atoms with Gasteiger partial charge >= 0.3 is 6.08 Å². The standard InChI is InChI=1S/C28H30N2O3/c1-2-7-22(8-3-1)21-23-15-18-30(19-16-23)17-6-20-31-24-11-13-25(14-12-24)32-28-29-26-9-4-5-10-27(26)33-28/h1-5,7-14,23H,6,15-21H2. The Hall–Kier alpha value is -3.31. The van der Waals surface area contributed by atoms with Crippen LogP contribution < -0.4 is 9.47 Å². The van der Waals surface area contributed by atoms with Crippen molar-refractivity contribution in [2.45, 2.75) is 25.7 Å². The van der Waals surface area contributed by atoms with E-state index in [1.54, 1.807) is 0 Å². The molecule has 0 atom stereocenters. The Morgan fingerprint density at radius 1 is 0.848 bits per heavy atom. The Bertz CT molecular complexity index is 1100. The summed E-state index contributed by atoms with van der Waals surface area (Å²) in [5.74, 6) is 2.34. The summed E-state index contributed by atoms with van der Waals surface area (Å²) in [4.78, 5) is 6.91. The van der Waals surface area contributed by atoms with Crippen molar-refractivity contribution in [3.05, 3.63) is 84.4 Å². The fourth-order valence-corrected chi connectivity index (χ4v) is 4.44. The van der Waals surface area contributed by atoms with Crippen molar-refractivity contribution < 1.29 is 13.9 Å². The summed E-state index contributed by atoms with van der Waals surface area (Å²) in [6.45, 7) is 4.20. The van der Waals surface area contributed by atoms with Gasteiger partial charge in [-0.1, -0.05) is 42.5 Å². The average Bonchev–Trinajstić information content (AvgIpc) is 3.27. The molecule has 4 aromatic rings. The fourth-order valence-electron chi connectivity index (χ4n) is 4.44. The molecule has 170 valence electrons. The second kappa shape index (κ2) is 10.5. The number of hydrogen-bond acceptors (Lipinski definition) is 5. The van der Waals surface area contributed by atoms with Crippen LogP contribution in [0.4, 0.5) is 0 Å². The van der Waals surface area contributed by atoms with Crippen molar-refractivity contribution in [2.24, 2.45) is 5.92 Å². The van der Waals surface area contributed by atoms with Gasteiger partial charge in [0.1, 0.15) is 17.0 Å². The first-order valence-electron chi connectivity index (χ1n) is 11.8. The van der Waals surface area contributed by atoms with Crippen LogP contribution in [0.15, 0.2) is 83.3 Å². The fraction of sp³-hybridized carbons (Fsp3) is 0.321. The van der Waals surface area contributed by atoms with Gasteiger partial charge in [0.05, 0.1) is 6.61 Å². The molecular weight excluding hydrogens is 412 g/mol. The molecule has 3 aromatic carbocycles. The highest BCUT2D eigenvalue weighted by molar-refractivity contribution is 5.72. The van der Waals surface area contributed by atoms with E-state index in [1.807, 2.05) is 48.5 Å². The lowest BCUT2D eigenvalue weighted by atomic mass is 9.90. The predicted octanol–water partition coefficient (Wildman–Crippen LogP) is 6.34. The van der Waals surface area contributed by atoms with E-state index < -0.39 is 0 Å². The molecule has 0 amide bonds. The number of ether oxygens (including phenoxy) is 2. The van der Waals surface area contributed by atoms with Crippen molar-refractivity contribution in [3.63, 3.8) is 0 Å². The summed E-state index contributed by atoms with van der Waals surface area (Å²) in [5.41, 5.74) is 2.97. The molecule has 1 fully saturated rings. The van der Waals surface area contributed by atoms with E-state index >= 15 is 0 Å². The molecule has 0 radical (unpaired) electrons. The quantitative estimate of drug-likeness (QED) is 0.283. The van der Waals surface area contributed by atoms with Crippen LogP contribution in [0.3, 0.4) is 0 Å². The van der Waals surface area contributed by atoms with E-state index in [-0.39, 0.29) is 6.08 Å². The Labute approximate surface area is 195 Å². The van der Waals surface area contributed by atoms with Gasteiger partial charge in [-0.05, 0) is 86.7 Å². The summed E-state index contributed by atoms with van der Waals surface area (Å²) in [6, 6.07) is 26.1. The molecule has 5 nitrogen and oxygen atoms in total. The maximum atomic E-state index is 5.93. The van der Waals surface area contributed by atoms with Gasteiger partial charge < -0.3 is 18.8 Å². The van der Waals surface area contributed by atoms with Crippen LogP contribution in [0.5, 0.6) is 17.6 Å². The van der Waals surface area contributed by atoms with Crippen molar-refractivity contribution in [1.82, 2.24) is 9.88 Å². The van der Waals surface area contributed by atoms with E-state index in [4.69, 9.17) is 13.9 Å². The predicted molar refractivity (Wildman–Crippen MR) is 130 cm³/mol. The molecule has 0 unspecified atom stereocenters. The molecule has 5 heteroatoms. The lowest BCUT2D eigenvalue weighted by Gasteiger charge is -2.32. The van der Waals surface area contributed by atoms with Gasteiger partial charge in [0.15, 0.2) is 5.58 Å². The molecule has 2 heterocycles. The second-order valence-corrected chi connectivity index (χ2v) is 8.70. The number of para-hydroxylation sites is 2. The van der Waals surface area contributed by atoms with E-state index in [0.717, 1.165) is 36.8 Å². The molecule has 0 saturated carbocycles. The molecule has 1 aliphatic heterocycles. The number of fused-ring (bicyclic) bond motifs is 1. The lowest BCUT2D eigenvalue weighted by molar-refractivity contribution is 0.170. The van der Waals surface area contributed by atoms with Gasteiger partial charge in [0.25, 0.3) is 0 Å². The number of hydrogen-bond donors (Lipinski definition) is 0. The Balaban J connectivity index is 1.00. The minimum atomic E-state index is 0.248. The molecule has 0 N–H and O–H groups in total. The smallest absolute Gasteiger partial charge is 0.400 e. The normalized spacial score (nSPS) is 15.0. The third-order valence-corrected chi connectivity index (χ3v) is 6.26. The molecular formula is C28H30N2O3. The average molecular weight is 443 g/mol. The monoisotopic (exact) mass is 442 g/mol. The Kier molecular flexibility index (Phi) is 6.88. The first-order valence-corrected chi connectivity index (χ1v) is 11.8. The number of oxazole rings is 1. The summed E-state index contributed by atoms with van der Waals surface area (Å²) in [7, 11) is 0. The van der Waals surface area contributed by atoms with Crippen LogP contribution in [-0.2, 0) is 6.42 Å². The number of nitrogens with zero attached hydrogens (tertiary/aromatic N) is 2. The highest BCUT2D eigenvalue weighted by Gasteiger charge is 2.19. The van der Waals surface area contributed by atoms with Crippen LogP contribution >= 0.6 is 0 Å². The number of likely N-dealkylation sites (tertiary alicyclic amines) is 1. The first kappa shape index (κ1) is 21.5. The van der Waals surface area contributed by atoms with Gasteiger partial charge in [-0.25, -0.2) is 0 Å². The van der Waals surface area contributed by atoms with Crippen LogP contribution in [0, 0.1) is 5.92 Å². The van der Waals surface area contributed by atoms with E-state index in [9.17, 15) is 0 Å². The van der Waals surface area contributed by atoms with Crippen LogP contribution in [0.1, 0.15) is 24.8 Å². The molecule has 0 spiro atoms. The zero-order valence-electron chi connectivity index (χ0n) is 18.9. The summed E-state index contributed by atoms with van der Waals surface area (Å²) < 4.78 is 17.3. The summed E-state index contributed by atoms with van der Waals surface area (Å²) >= 11 is 0. The maximum Gasteiger partial charge on any atom is 0.400 e. The van der Waals surface area contributed by atoms with Crippen molar-refractivity contribution in [3.8, 4) is 17.6 Å². The SMILES string of the molecule is c1ccc(CC2CCN(CCCOc3ccc(Oc4nc5ccccc5o4)cc3)CC2)cc1. The third-order valence-electron chi connectivity index (χ3n) is 6.26. The highest BCUT2D eigenvalue weighted by atomic mass is 16.6. The molecule has 0 bridgehead atoms. The van der Waals surface area contributed by atoms with Gasteiger partial charge in [0.2, 0.25) is 0 Å². The van der Waals surface area contributed by atoms with Crippen LogP contribution in [-0.4, -0.2) is 36.1 Å². The van der Waals surface area contributed by atoms with E-state index in [2.05, 4.69) is 40.2 Å². The van der Waals surface area contributed by atoms with Gasteiger partial charge in [-0.3, -0.25) is 0 Å².